The summed E-state index contributed by atoms with van der Waals surface area (Å²) in [7, 11) is 0. The van der Waals surface area contributed by atoms with Gasteiger partial charge >= 0.3 is 0 Å². The van der Waals surface area contributed by atoms with Crippen LogP contribution in [-0.2, 0) is 6.42 Å². The zero-order chi connectivity index (χ0) is 14.0. The minimum Gasteiger partial charge on any atom is -0.294 e. The Labute approximate surface area is 115 Å². The van der Waals surface area contributed by atoms with Crippen LogP contribution in [-0.4, -0.2) is 5.78 Å². The average Bonchev–Trinajstić information content (AvgIpc) is 2.37. The Morgan fingerprint density at radius 1 is 0.789 bits per heavy atom. The number of carbonyl (C=O) groups is 1. The fourth-order valence-electron chi connectivity index (χ4n) is 2.12. The number of aryl methyl sites for hydroxylation is 4. The quantitative estimate of drug-likeness (QED) is 0.742. The van der Waals surface area contributed by atoms with Crippen LogP contribution in [0.3, 0.4) is 0 Å². The summed E-state index contributed by atoms with van der Waals surface area (Å²) in [6.45, 7) is 8.28. The molecule has 2 aromatic carbocycles. The molecular weight excluding hydrogens is 232 g/mol. The number of ketones is 1. The summed E-state index contributed by atoms with van der Waals surface area (Å²) in [6.07, 6.45) is 0.476. The first kappa shape index (κ1) is 13.5. The van der Waals surface area contributed by atoms with Crippen LogP contribution in [0.5, 0.6) is 0 Å². The molecule has 0 atom stereocenters. The van der Waals surface area contributed by atoms with Gasteiger partial charge < -0.3 is 0 Å². The first-order valence-electron chi connectivity index (χ1n) is 6.64. The van der Waals surface area contributed by atoms with E-state index < -0.39 is 0 Å². The van der Waals surface area contributed by atoms with E-state index in [1.807, 2.05) is 31.2 Å². The lowest BCUT2D eigenvalue weighted by molar-refractivity contribution is 0.0993. The van der Waals surface area contributed by atoms with Gasteiger partial charge in [0.05, 0.1) is 0 Å². The molecule has 0 saturated heterocycles. The summed E-state index contributed by atoms with van der Waals surface area (Å²) in [6, 6.07) is 12.2. The fourth-order valence-corrected chi connectivity index (χ4v) is 2.12. The number of carbonyl (C=O) groups excluding carboxylic acids is 1. The van der Waals surface area contributed by atoms with E-state index in [0.29, 0.717) is 6.42 Å². The first-order chi connectivity index (χ1) is 8.97. The van der Waals surface area contributed by atoms with Gasteiger partial charge in [-0.2, -0.15) is 0 Å². The summed E-state index contributed by atoms with van der Waals surface area (Å²) in [5, 5.41) is 0. The van der Waals surface area contributed by atoms with Gasteiger partial charge in [-0.3, -0.25) is 4.79 Å². The summed E-state index contributed by atoms with van der Waals surface area (Å²) < 4.78 is 0. The molecule has 0 aliphatic heterocycles. The Morgan fingerprint density at radius 2 is 1.37 bits per heavy atom. The van der Waals surface area contributed by atoms with Crippen LogP contribution in [0.4, 0.5) is 0 Å². The van der Waals surface area contributed by atoms with E-state index in [2.05, 4.69) is 32.9 Å². The van der Waals surface area contributed by atoms with Crippen molar-refractivity contribution in [2.45, 2.75) is 34.1 Å². The van der Waals surface area contributed by atoms with E-state index in [0.717, 1.165) is 11.1 Å². The predicted octanol–water partition coefficient (Wildman–Crippen LogP) is 4.35. The fraction of sp³-hybridized carbons (Fsp3) is 0.278. The highest BCUT2D eigenvalue weighted by Crippen LogP contribution is 2.15. The Morgan fingerprint density at radius 3 is 1.95 bits per heavy atom. The van der Waals surface area contributed by atoms with E-state index in [9.17, 15) is 4.79 Å². The van der Waals surface area contributed by atoms with Crippen molar-refractivity contribution in [2.75, 3.05) is 0 Å². The average molecular weight is 252 g/mol. The second kappa shape index (κ2) is 5.40. The lowest BCUT2D eigenvalue weighted by Crippen LogP contribution is -2.04. The first-order valence-corrected chi connectivity index (χ1v) is 6.64. The van der Waals surface area contributed by atoms with Crippen LogP contribution in [0.25, 0.3) is 0 Å². The Bertz CT molecular complexity index is 624. The van der Waals surface area contributed by atoms with Gasteiger partial charge in [-0.05, 0) is 61.6 Å². The van der Waals surface area contributed by atoms with Gasteiger partial charge in [0.2, 0.25) is 0 Å². The largest absolute Gasteiger partial charge is 0.294 e. The maximum atomic E-state index is 12.3. The molecule has 0 fully saturated rings. The van der Waals surface area contributed by atoms with Gasteiger partial charge in [-0.15, -0.1) is 0 Å². The third-order valence-corrected chi connectivity index (χ3v) is 3.76. The molecule has 0 aromatic heterocycles. The van der Waals surface area contributed by atoms with Gasteiger partial charge in [0.15, 0.2) is 5.78 Å². The van der Waals surface area contributed by atoms with Crippen LogP contribution in [0.2, 0.25) is 0 Å². The van der Waals surface area contributed by atoms with Crippen LogP contribution < -0.4 is 0 Å². The third kappa shape index (κ3) is 3.11. The van der Waals surface area contributed by atoms with Gasteiger partial charge in [0, 0.05) is 12.0 Å². The highest BCUT2D eigenvalue weighted by atomic mass is 16.1. The van der Waals surface area contributed by atoms with Crippen molar-refractivity contribution in [3.8, 4) is 0 Å². The van der Waals surface area contributed by atoms with Gasteiger partial charge in [0.25, 0.3) is 0 Å². The minimum absolute atomic E-state index is 0.186. The molecule has 0 amide bonds. The number of rotatable bonds is 3. The molecule has 0 spiro atoms. The zero-order valence-electron chi connectivity index (χ0n) is 12.1. The SMILES string of the molecule is Cc1ccc(CC(=O)c2ccc(C)c(C)c2)cc1C. The number of hydrogen-bond acceptors (Lipinski definition) is 1. The second-order valence-corrected chi connectivity index (χ2v) is 5.32. The predicted molar refractivity (Wildman–Crippen MR) is 79.9 cm³/mol. The second-order valence-electron chi connectivity index (χ2n) is 5.32. The molecule has 0 saturated carbocycles. The number of benzene rings is 2. The molecule has 19 heavy (non-hydrogen) atoms. The van der Waals surface area contributed by atoms with E-state index in [1.54, 1.807) is 0 Å². The summed E-state index contributed by atoms with van der Waals surface area (Å²) in [4.78, 5) is 12.3. The van der Waals surface area contributed by atoms with Crippen molar-refractivity contribution in [2.24, 2.45) is 0 Å². The molecule has 1 heteroatoms. The highest BCUT2D eigenvalue weighted by Gasteiger charge is 2.08. The third-order valence-electron chi connectivity index (χ3n) is 3.76. The van der Waals surface area contributed by atoms with Crippen molar-refractivity contribution >= 4 is 5.78 Å². The topological polar surface area (TPSA) is 17.1 Å². The van der Waals surface area contributed by atoms with Crippen LogP contribution >= 0.6 is 0 Å². The number of Topliss-reactive ketones (excluding diaryl/α,β-unsaturated/α-hetero) is 1. The van der Waals surface area contributed by atoms with Gasteiger partial charge in [-0.1, -0.05) is 30.3 Å². The molecule has 0 radical (unpaired) electrons. The lowest BCUT2D eigenvalue weighted by atomic mass is 9.97. The molecular formula is C18H20O. The molecule has 98 valence electrons. The maximum absolute atomic E-state index is 12.3. The van der Waals surface area contributed by atoms with Crippen molar-refractivity contribution < 1.29 is 4.79 Å². The molecule has 0 aliphatic carbocycles. The summed E-state index contributed by atoms with van der Waals surface area (Å²) in [5.74, 6) is 0.186. The minimum atomic E-state index is 0.186. The Kier molecular flexibility index (Phi) is 3.84. The van der Waals surface area contributed by atoms with Crippen molar-refractivity contribution in [1.29, 1.82) is 0 Å². The van der Waals surface area contributed by atoms with Gasteiger partial charge in [-0.25, -0.2) is 0 Å². The molecule has 0 N–H and O–H groups in total. The summed E-state index contributed by atoms with van der Waals surface area (Å²) >= 11 is 0. The zero-order valence-corrected chi connectivity index (χ0v) is 12.1. The normalized spacial score (nSPS) is 10.5. The standard InChI is InChI=1S/C18H20O/c1-12-5-7-16(9-14(12)3)11-18(19)17-8-6-13(2)15(4)10-17/h5-10H,11H2,1-4H3. The van der Waals surface area contributed by atoms with E-state index in [4.69, 9.17) is 0 Å². The Hall–Kier alpha value is -1.89. The lowest BCUT2D eigenvalue weighted by Gasteiger charge is -2.07. The molecule has 0 unspecified atom stereocenters. The molecule has 0 bridgehead atoms. The van der Waals surface area contributed by atoms with E-state index in [1.165, 1.54) is 22.3 Å². The molecule has 0 heterocycles. The maximum Gasteiger partial charge on any atom is 0.167 e. The van der Waals surface area contributed by atoms with Crippen LogP contribution in [0.1, 0.15) is 38.2 Å². The van der Waals surface area contributed by atoms with Crippen LogP contribution in [0.15, 0.2) is 36.4 Å². The van der Waals surface area contributed by atoms with Crippen molar-refractivity contribution in [3.63, 3.8) is 0 Å². The highest BCUT2D eigenvalue weighted by molar-refractivity contribution is 5.97. The molecule has 1 nitrogen and oxygen atoms in total. The monoisotopic (exact) mass is 252 g/mol. The van der Waals surface area contributed by atoms with Crippen LogP contribution in [0, 0.1) is 27.7 Å². The van der Waals surface area contributed by atoms with Gasteiger partial charge in [0.1, 0.15) is 0 Å². The summed E-state index contributed by atoms with van der Waals surface area (Å²) in [5.41, 5.74) is 6.80. The van der Waals surface area contributed by atoms with Crippen molar-refractivity contribution in [3.05, 3.63) is 69.8 Å². The number of hydrogen-bond donors (Lipinski definition) is 0. The smallest absolute Gasteiger partial charge is 0.167 e. The Balaban J connectivity index is 2.20. The molecule has 2 rings (SSSR count). The molecule has 0 aliphatic rings. The van der Waals surface area contributed by atoms with E-state index >= 15 is 0 Å². The van der Waals surface area contributed by atoms with Crippen molar-refractivity contribution in [1.82, 2.24) is 0 Å². The van der Waals surface area contributed by atoms with E-state index in [-0.39, 0.29) is 5.78 Å². The molecule has 2 aromatic rings.